The molecule has 0 amide bonds. The lowest BCUT2D eigenvalue weighted by Gasteiger charge is -2.12. The largest absolute Gasteiger partial charge is 0.504 e. The van der Waals surface area contributed by atoms with Gasteiger partial charge >= 0.3 is 0 Å². The van der Waals surface area contributed by atoms with Gasteiger partial charge in [0.25, 0.3) is 0 Å². The lowest BCUT2D eigenvalue weighted by Crippen LogP contribution is -2.14. The van der Waals surface area contributed by atoms with Crippen LogP contribution in [0.4, 0.5) is 0 Å². The molecule has 96 valence electrons. The van der Waals surface area contributed by atoms with E-state index in [4.69, 9.17) is 11.6 Å². The van der Waals surface area contributed by atoms with Gasteiger partial charge in [0.2, 0.25) is 0 Å². The molecule has 0 spiro atoms. The van der Waals surface area contributed by atoms with Crippen molar-refractivity contribution in [2.75, 3.05) is 0 Å². The second-order valence-electron chi connectivity index (χ2n) is 4.20. The molecule has 2 rings (SSSR count). The van der Waals surface area contributed by atoms with Crippen LogP contribution in [0.5, 0.6) is 5.75 Å². The fraction of sp³-hybridized carbons (Fsp3) is 0.250. The normalized spacial score (nSPS) is 12.2. The number of aromatic hydroxyl groups is 1. The molecule has 0 aliphatic rings. The Morgan fingerprint density at radius 2 is 2.06 bits per heavy atom. The van der Waals surface area contributed by atoms with Gasteiger partial charge in [-0.1, -0.05) is 11.6 Å². The molecule has 0 saturated carbocycles. The van der Waals surface area contributed by atoms with Crippen molar-refractivity contribution in [1.82, 2.24) is 4.98 Å². The van der Waals surface area contributed by atoms with Crippen molar-refractivity contribution in [3.05, 3.63) is 29.4 Å². The van der Waals surface area contributed by atoms with E-state index in [2.05, 4.69) is 4.98 Å². The molecule has 6 heteroatoms. The van der Waals surface area contributed by atoms with Crippen LogP contribution in [-0.4, -0.2) is 23.8 Å². The highest BCUT2D eigenvalue weighted by Crippen LogP contribution is 2.36. The second-order valence-corrected chi connectivity index (χ2v) is 7.08. The Hall–Kier alpha value is -1.33. The molecule has 0 unspecified atom stereocenters. The van der Waals surface area contributed by atoms with Crippen LogP contribution in [0, 0.1) is 0 Å². The zero-order valence-electron chi connectivity index (χ0n) is 9.88. The van der Waals surface area contributed by atoms with Gasteiger partial charge in [-0.2, -0.15) is 0 Å². The third-order valence-corrected chi connectivity index (χ3v) is 5.19. The monoisotopic (exact) mass is 285 g/mol. The van der Waals surface area contributed by atoms with Crippen LogP contribution < -0.4 is 0 Å². The van der Waals surface area contributed by atoms with Gasteiger partial charge in [0.05, 0.1) is 15.2 Å². The lowest BCUT2D eigenvalue weighted by molar-refractivity contribution is 0.480. The predicted molar refractivity (Wildman–Crippen MR) is 70.7 cm³/mol. The van der Waals surface area contributed by atoms with Gasteiger partial charge in [-0.3, -0.25) is 4.98 Å². The van der Waals surface area contributed by atoms with Gasteiger partial charge in [0.1, 0.15) is 5.52 Å². The van der Waals surface area contributed by atoms with Crippen LogP contribution in [0.1, 0.15) is 13.8 Å². The second kappa shape index (κ2) is 4.40. The summed E-state index contributed by atoms with van der Waals surface area (Å²) < 4.78 is 24.5. The number of nitrogens with zero attached hydrogens (tertiary/aromatic N) is 1. The Morgan fingerprint density at radius 1 is 1.39 bits per heavy atom. The maximum Gasteiger partial charge on any atom is 0.181 e. The fourth-order valence-electron chi connectivity index (χ4n) is 1.66. The van der Waals surface area contributed by atoms with E-state index in [0.29, 0.717) is 5.39 Å². The first-order chi connectivity index (χ1) is 8.35. The summed E-state index contributed by atoms with van der Waals surface area (Å²) in [5.41, 5.74) is 0.198. The summed E-state index contributed by atoms with van der Waals surface area (Å²) in [4.78, 5) is 4.08. The van der Waals surface area contributed by atoms with E-state index in [0.717, 1.165) is 0 Å². The average Bonchev–Trinajstić information content (AvgIpc) is 2.33. The molecule has 18 heavy (non-hydrogen) atoms. The summed E-state index contributed by atoms with van der Waals surface area (Å²) in [5.74, 6) is -0.199. The Morgan fingerprint density at radius 3 is 2.67 bits per heavy atom. The standard InChI is InChI=1S/C12H12ClNO3S/c1-7(2)18(16,17)10-6-9(13)12(15)11-8(10)4-3-5-14-11/h3-7,15H,1-2H3. The molecular weight excluding hydrogens is 274 g/mol. The van der Waals surface area contributed by atoms with E-state index in [-0.39, 0.29) is 21.2 Å². The predicted octanol–water partition coefficient (Wildman–Crippen LogP) is 2.78. The van der Waals surface area contributed by atoms with Crippen molar-refractivity contribution >= 4 is 32.3 Å². The first-order valence-electron chi connectivity index (χ1n) is 5.35. The number of rotatable bonds is 2. The van der Waals surface area contributed by atoms with E-state index in [1.165, 1.54) is 12.3 Å². The number of hydrogen-bond donors (Lipinski definition) is 1. The van der Waals surface area contributed by atoms with Gasteiger partial charge in [0.15, 0.2) is 15.6 Å². The van der Waals surface area contributed by atoms with Gasteiger partial charge in [0, 0.05) is 11.6 Å². The van der Waals surface area contributed by atoms with E-state index in [9.17, 15) is 13.5 Å². The van der Waals surface area contributed by atoms with Gasteiger partial charge in [-0.15, -0.1) is 0 Å². The zero-order valence-corrected chi connectivity index (χ0v) is 11.5. The van der Waals surface area contributed by atoms with Crippen LogP contribution in [0.3, 0.4) is 0 Å². The van der Waals surface area contributed by atoms with Gasteiger partial charge < -0.3 is 5.11 Å². The summed E-state index contributed by atoms with van der Waals surface area (Å²) in [6.07, 6.45) is 1.48. The number of halogens is 1. The number of phenolic OH excluding ortho intramolecular Hbond substituents is 1. The molecule has 0 aliphatic carbocycles. The Balaban J connectivity index is 2.93. The minimum atomic E-state index is -3.48. The summed E-state index contributed by atoms with van der Waals surface area (Å²) in [6, 6.07) is 4.50. The molecule has 0 fully saturated rings. The highest BCUT2D eigenvalue weighted by Gasteiger charge is 2.24. The first-order valence-corrected chi connectivity index (χ1v) is 7.28. The topological polar surface area (TPSA) is 67.3 Å². The fourth-order valence-corrected chi connectivity index (χ4v) is 3.18. The van der Waals surface area contributed by atoms with Crippen molar-refractivity contribution < 1.29 is 13.5 Å². The van der Waals surface area contributed by atoms with Gasteiger partial charge in [-0.25, -0.2) is 8.42 Å². The van der Waals surface area contributed by atoms with Crippen molar-refractivity contribution in [3.63, 3.8) is 0 Å². The third kappa shape index (κ3) is 1.93. The number of aromatic nitrogens is 1. The minimum Gasteiger partial charge on any atom is -0.504 e. The minimum absolute atomic E-state index is 0.0135. The lowest BCUT2D eigenvalue weighted by atomic mass is 10.2. The number of fused-ring (bicyclic) bond motifs is 1. The molecule has 0 radical (unpaired) electrons. The Kier molecular flexibility index (Phi) is 3.21. The Bertz CT molecular complexity index is 711. The van der Waals surface area contributed by atoms with E-state index >= 15 is 0 Å². The molecule has 1 heterocycles. The van der Waals surface area contributed by atoms with Crippen molar-refractivity contribution in [3.8, 4) is 5.75 Å². The number of sulfone groups is 1. The molecule has 0 aliphatic heterocycles. The maximum absolute atomic E-state index is 12.2. The molecule has 0 atom stereocenters. The number of hydrogen-bond acceptors (Lipinski definition) is 4. The molecule has 1 N–H and O–H groups in total. The molecular formula is C12H12ClNO3S. The number of pyridine rings is 1. The molecule has 1 aromatic carbocycles. The SMILES string of the molecule is CC(C)S(=O)(=O)c1cc(Cl)c(O)c2ncccc12. The van der Waals surface area contributed by atoms with E-state index < -0.39 is 15.1 Å². The van der Waals surface area contributed by atoms with Crippen molar-refractivity contribution in [2.45, 2.75) is 24.0 Å². The highest BCUT2D eigenvalue weighted by molar-refractivity contribution is 7.92. The average molecular weight is 286 g/mol. The summed E-state index contributed by atoms with van der Waals surface area (Å²) >= 11 is 5.85. The molecule has 0 saturated heterocycles. The quantitative estimate of drug-likeness (QED) is 0.921. The zero-order chi connectivity index (χ0) is 13.5. The van der Waals surface area contributed by atoms with Crippen LogP contribution in [-0.2, 0) is 9.84 Å². The summed E-state index contributed by atoms with van der Waals surface area (Å²) in [5, 5.41) is 9.60. The first kappa shape index (κ1) is 13.1. The number of benzene rings is 1. The van der Waals surface area contributed by atoms with E-state index in [1.807, 2.05) is 0 Å². The molecule has 1 aromatic heterocycles. The van der Waals surface area contributed by atoms with Crippen molar-refractivity contribution in [1.29, 1.82) is 0 Å². The van der Waals surface area contributed by atoms with E-state index in [1.54, 1.807) is 26.0 Å². The number of phenols is 1. The van der Waals surface area contributed by atoms with Crippen LogP contribution in [0.2, 0.25) is 5.02 Å². The van der Waals surface area contributed by atoms with Gasteiger partial charge in [-0.05, 0) is 32.0 Å². The maximum atomic E-state index is 12.2. The smallest absolute Gasteiger partial charge is 0.181 e. The third-order valence-electron chi connectivity index (χ3n) is 2.71. The van der Waals surface area contributed by atoms with Crippen LogP contribution in [0.25, 0.3) is 10.9 Å². The van der Waals surface area contributed by atoms with Crippen molar-refractivity contribution in [2.24, 2.45) is 0 Å². The van der Waals surface area contributed by atoms with Crippen LogP contribution >= 0.6 is 11.6 Å². The summed E-state index contributed by atoms with van der Waals surface area (Å²) in [7, 11) is -3.48. The molecule has 2 aromatic rings. The van der Waals surface area contributed by atoms with Crippen LogP contribution in [0.15, 0.2) is 29.3 Å². The summed E-state index contributed by atoms with van der Waals surface area (Å²) in [6.45, 7) is 3.19. The Labute approximate surface area is 110 Å². The molecule has 4 nitrogen and oxygen atoms in total. The highest BCUT2D eigenvalue weighted by atomic mass is 35.5. The molecule has 0 bridgehead atoms.